The van der Waals surface area contributed by atoms with Crippen LogP contribution >= 0.6 is 0 Å². The Morgan fingerprint density at radius 2 is 2.15 bits per heavy atom. The number of hydrogen-bond donors (Lipinski definition) is 1. The zero-order valence-electron chi connectivity index (χ0n) is 12.1. The van der Waals surface area contributed by atoms with Crippen molar-refractivity contribution < 1.29 is 8.91 Å². The quantitative estimate of drug-likeness (QED) is 0.879. The molecule has 0 fully saturated rings. The van der Waals surface area contributed by atoms with Gasteiger partial charge in [0.2, 0.25) is 11.7 Å². The summed E-state index contributed by atoms with van der Waals surface area (Å²) in [7, 11) is 0. The van der Waals surface area contributed by atoms with E-state index in [4.69, 9.17) is 4.52 Å². The Labute approximate surface area is 118 Å². The maximum Gasteiger partial charge on any atom is 0.231 e. The maximum absolute atomic E-state index is 13.2. The Balaban J connectivity index is 2.12. The third-order valence-electron chi connectivity index (χ3n) is 3.38. The van der Waals surface area contributed by atoms with Crippen LogP contribution in [0.5, 0.6) is 0 Å². The Morgan fingerprint density at radius 1 is 1.35 bits per heavy atom. The lowest BCUT2D eigenvalue weighted by Crippen LogP contribution is -2.31. The first-order valence-electron chi connectivity index (χ1n) is 6.94. The maximum atomic E-state index is 13.2. The summed E-state index contributed by atoms with van der Waals surface area (Å²) in [5.74, 6) is 0.797. The minimum Gasteiger partial charge on any atom is -0.339 e. The Bertz CT molecular complexity index is 556. The van der Waals surface area contributed by atoms with Crippen molar-refractivity contribution in [2.45, 2.75) is 39.2 Å². The van der Waals surface area contributed by atoms with Gasteiger partial charge in [0.25, 0.3) is 0 Å². The molecule has 1 N–H and O–H groups in total. The molecule has 4 nitrogen and oxygen atoms in total. The zero-order valence-corrected chi connectivity index (χ0v) is 12.1. The van der Waals surface area contributed by atoms with E-state index in [-0.39, 0.29) is 17.8 Å². The lowest BCUT2D eigenvalue weighted by molar-refractivity contribution is 0.331. The molecule has 2 rings (SSSR count). The van der Waals surface area contributed by atoms with Crippen LogP contribution in [0.4, 0.5) is 4.39 Å². The third-order valence-corrected chi connectivity index (χ3v) is 3.38. The standard InChI is InChI=1S/C15H20FN3O/c1-4-8-17-11(3)10(2)15-18-14(19-20-15)12-6-5-7-13(16)9-12/h5-7,9-11,17H,4,8H2,1-3H3. The van der Waals surface area contributed by atoms with Crippen LogP contribution in [0.25, 0.3) is 11.4 Å². The molecular weight excluding hydrogens is 257 g/mol. The molecular formula is C15H20FN3O. The molecule has 1 heterocycles. The Morgan fingerprint density at radius 3 is 2.85 bits per heavy atom. The molecule has 0 aliphatic heterocycles. The van der Waals surface area contributed by atoms with Gasteiger partial charge in [-0.2, -0.15) is 4.98 Å². The molecule has 2 atom stereocenters. The fourth-order valence-corrected chi connectivity index (χ4v) is 1.93. The van der Waals surface area contributed by atoms with Crippen molar-refractivity contribution in [1.82, 2.24) is 15.5 Å². The van der Waals surface area contributed by atoms with Crippen molar-refractivity contribution in [1.29, 1.82) is 0 Å². The van der Waals surface area contributed by atoms with E-state index in [0.29, 0.717) is 17.3 Å². The highest BCUT2D eigenvalue weighted by Gasteiger charge is 2.20. The molecule has 108 valence electrons. The minimum atomic E-state index is -0.306. The molecule has 0 aliphatic rings. The number of halogens is 1. The second kappa shape index (κ2) is 6.61. The summed E-state index contributed by atoms with van der Waals surface area (Å²) in [6.07, 6.45) is 1.08. The molecule has 5 heteroatoms. The molecule has 0 amide bonds. The molecule has 0 spiro atoms. The van der Waals surface area contributed by atoms with Crippen molar-refractivity contribution in [2.75, 3.05) is 6.54 Å². The highest BCUT2D eigenvalue weighted by atomic mass is 19.1. The van der Waals surface area contributed by atoms with Crippen molar-refractivity contribution in [3.05, 3.63) is 36.0 Å². The van der Waals surface area contributed by atoms with E-state index in [9.17, 15) is 4.39 Å². The molecule has 2 unspecified atom stereocenters. The van der Waals surface area contributed by atoms with Gasteiger partial charge < -0.3 is 9.84 Å². The summed E-state index contributed by atoms with van der Waals surface area (Å²) in [5.41, 5.74) is 0.626. The summed E-state index contributed by atoms with van der Waals surface area (Å²) in [5, 5.41) is 7.33. The third kappa shape index (κ3) is 3.42. The van der Waals surface area contributed by atoms with Crippen LogP contribution in [-0.2, 0) is 0 Å². The van der Waals surface area contributed by atoms with Gasteiger partial charge in [-0.15, -0.1) is 0 Å². The monoisotopic (exact) mass is 277 g/mol. The number of aromatic nitrogens is 2. The summed E-state index contributed by atoms with van der Waals surface area (Å²) < 4.78 is 18.5. The van der Waals surface area contributed by atoms with Gasteiger partial charge in [-0.05, 0) is 32.0 Å². The van der Waals surface area contributed by atoms with Crippen molar-refractivity contribution in [3.63, 3.8) is 0 Å². The Hall–Kier alpha value is -1.75. The molecule has 0 bridgehead atoms. The van der Waals surface area contributed by atoms with Crippen LogP contribution in [-0.4, -0.2) is 22.7 Å². The first kappa shape index (κ1) is 14.7. The number of hydrogen-bond acceptors (Lipinski definition) is 4. The highest BCUT2D eigenvalue weighted by molar-refractivity contribution is 5.53. The molecule has 0 radical (unpaired) electrons. The van der Waals surface area contributed by atoms with Crippen LogP contribution in [0, 0.1) is 5.82 Å². The number of rotatable bonds is 6. The summed E-state index contributed by atoms with van der Waals surface area (Å²) >= 11 is 0. The smallest absolute Gasteiger partial charge is 0.231 e. The van der Waals surface area contributed by atoms with E-state index in [2.05, 4.69) is 29.3 Å². The van der Waals surface area contributed by atoms with E-state index >= 15 is 0 Å². The number of nitrogens with one attached hydrogen (secondary N) is 1. The normalized spacial score (nSPS) is 14.2. The molecule has 1 aromatic carbocycles. The second-order valence-corrected chi connectivity index (χ2v) is 5.00. The summed E-state index contributed by atoms with van der Waals surface area (Å²) in [6, 6.07) is 6.44. The van der Waals surface area contributed by atoms with Gasteiger partial charge in [0.05, 0.1) is 5.92 Å². The van der Waals surface area contributed by atoms with Crippen molar-refractivity contribution >= 4 is 0 Å². The predicted octanol–water partition coefficient (Wildman–Crippen LogP) is 3.37. The van der Waals surface area contributed by atoms with Crippen molar-refractivity contribution in [3.8, 4) is 11.4 Å². The molecule has 1 aromatic heterocycles. The van der Waals surface area contributed by atoms with E-state index < -0.39 is 0 Å². The zero-order chi connectivity index (χ0) is 14.5. The van der Waals surface area contributed by atoms with E-state index in [1.54, 1.807) is 12.1 Å². The molecule has 0 aliphatic carbocycles. The summed E-state index contributed by atoms with van der Waals surface area (Å²) in [6.45, 7) is 7.21. The summed E-state index contributed by atoms with van der Waals surface area (Å²) in [4.78, 5) is 4.37. The van der Waals surface area contributed by atoms with Crippen LogP contribution in [0.2, 0.25) is 0 Å². The van der Waals surface area contributed by atoms with Gasteiger partial charge in [-0.3, -0.25) is 0 Å². The minimum absolute atomic E-state index is 0.108. The van der Waals surface area contributed by atoms with Gasteiger partial charge in [-0.25, -0.2) is 4.39 Å². The van der Waals surface area contributed by atoms with E-state index in [1.807, 2.05) is 6.92 Å². The van der Waals surface area contributed by atoms with Gasteiger partial charge in [0, 0.05) is 11.6 Å². The Kier molecular flexibility index (Phi) is 4.84. The fraction of sp³-hybridized carbons (Fsp3) is 0.467. The average molecular weight is 277 g/mol. The van der Waals surface area contributed by atoms with Gasteiger partial charge in [-0.1, -0.05) is 31.1 Å². The van der Waals surface area contributed by atoms with Gasteiger partial charge in [0.1, 0.15) is 5.82 Å². The van der Waals surface area contributed by atoms with Crippen LogP contribution in [0.1, 0.15) is 39.0 Å². The number of nitrogens with zero attached hydrogens (tertiary/aromatic N) is 2. The molecule has 0 saturated carbocycles. The fourth-order valence-electron chi connectivity index (χ4n) is 1.93. The SMILES string of the molecule is CCCNC(C)C(C)c1nc(-c2cccc(F)c2)no1. The largest absolute Gasteiger partial charge is 0.339 e. The first-order chi connectivity index (χ1) is 9.61. The topological polar surface area (TPSA) is 51.0 Å². The van der Waals surface area contributed by atoms with Crippen LogP contribution in [0.3, 0.4) is 0 Å². The van der Waals surface area contributed by atoms with Gasteiger partial charge >= 0.3 is 0 Å². The average Bonchev–Trinajstić information content (AvgIpc) is 2.93. The van der Waals surface area contributed by atoms with Gasteiger partial charge in [0.15, 0.2) is 0 Å². The first-order valence-corrected chi connectivity index (χ1v) is 6.94. The molecule has 0 saturated heterocycles. The molecule has 2 aromatic rings. The predicted molar refractivity (Wildman–Crippen MR) is 75.9 cm³/mol. The van der Waals surface area contributed by atoms with E-state index in [1.165, 1.54) is 12.1 Å². The number of benzene rings is 1. The lowest BCUT2D eigenvalue weighted by atomic mass is 10.0. The lowest BCUT2D eigenvalue weighted by Gasteiger charge is -2.17. The highest BCUT2D eigenvalue weighted by Crippen LogP contribution is 2.22. The van der Waals surface area contributed by atoms with Crippen LogP contribution < -0.4 is 5.32 Å². The second-order valence-electron chi connectivity index (χ2n) is 5.00. The molecule has 20 heavy (non-hydrogen) atoms. The van der Waals surface area contributed by atoms with Crippen molar-refractivity contribution in [2.24, 2.45) is 0 Å². The van der Waals surface area contributed by atoms with E-state index in [0.717, 1.165) is 13.0 Å². The van der Waals surface area contributed by atoms with Crippen LogP contribution in [0.15, 0.2) is 28.8 Å².